The molecule has 2 nitrogen and oxygen atoms in total. The van der Waals surface area contributed by atoms with Gasteiger partial charge in [0.25, 0.3) is 0 Å². The summed E-state index contributed by atoms with van der Waals surface area (Å²) in [6.07, 6.45) is 2.67. The van der Waals surface area contributed by atoms with Gasteiger partial charge in [-0.1, -0.05) is 44.2 Å². The van der Waals surface area contributed by atoms with Gasteiger partial charge in [-0.15, -0.1) is 11.3 Å². The number of hydrogen-bond acceptors (Lipinski definition) is 3. The van der Waals surface area contributed by atoms with Crippen molar-refractivity contribution in [2.45, 2.75) is 45.2 Å². The molecular formula is C16H20N2S. The number of hydrogen-bond donors (Lipinski definition) is 1. The van der Waals surface area contributed by atoms with Crippen molar-refractivity contribution in [2.24, 2.45) is 0 Å². The Hall–Kier alpha value is -1.19. The third kappa shape index (κ3) is 3.04. The molecule has 1 aromatic heterocycles. The van der Waals surface area contributed by atoms with Crippen LogP contribution in [0.25, 0.3) is 10.6 Å². The molecule has 100 valence electrons. The van der Waals surface area contributed by atoms with Crippen molar-refractivity contribution in [3.63, 3.8) is 0 Å². The van der Waals surface area contributed by atoms with Crippen LogP contribution >= 0.6 is 11.3 Å². The first-order valence-corrected chi connectivity index (χ1v) is 7.84. The average molecular weight is 272 g/mol. The monoisotopic (exact) mass is 272 g/mol. The zero-order chi connectivity index (χ0) is 13.2. The molecule has 1 aliphatic carbocycles. The zero-order valence-corrected chi connectivity index (χ0v) is 12.3. The molecule has 0 saturated heterocycles. The molecule has 1 heterocycles. The van der Waals surface area contributed by atoms with Crippen LogP contribution in [0, 0.1) is 0 Å². The molecule has 0 radical (unpaired) electrons. The zero-order valence-electron chi connectivity index (χ0n) is 11.5. The summed E-state index contributed by atoms with van der Waals surface area (Å²) < 4.78 is 0. The van der Waals surface area contributed by atoms with E-state index in [0.717, 1.165) is 17.6 Å². The molecule has 0 bridgehead atoms. The van der Waals surface area contributed by atoms with Gasteiger partial charge in [0, 0.05) is 23.0 Å². The second-order valence-electron chi connectivity index (χ2n) is 5.50. The Labute approximate surface area is 118 Å². The van der Waals surface area contributed by atoms with Crippen molar-refractivity contribution in [3.05, 3.63) is 40.9 Å². The van der Waals surface area contributed by atoms with Gasteiger partial charge in [0.1, 0.15) is 5.01 Å². The van der Waals surface area contributed by atoms with Gasteiger partial charge in [-0.25, -0.2) is 4.98 Å². The molecular weight excluding hydrogens is 252 g/mol. The SMILES string of the molecule is CC(C)c1nc(-c2ccccc2)sc1CNC1CC1. The van der Waals surface area contributed by atoms with Gasteiger partial charge >= 0.3 is 0 Å². The van der Waals surface area contributed by atoms with Crippen LogP contribution in [0.4, 0.5) is 0 Å². The number of nitrogens with one attached hydrogen (secondary N) is 1. The molecule has 0 atom stereocenters. The van der Waals surface area contributed by atoms with E-state index in [4.69, 9.17) is 4.98 Å². The summed E-state index contributed by atoms with van der Waals surface area (Å²) in [7, 11) is 0. The summed E-state index contributed by atoms with van der Waals surface area (Å²) in [5.41, 5.74) is 2.49. The van der Waals surface area contributed by atoms with Crippen LogP contribution in [0.2, 0.25) is 0 Å². The maximum Gasteiger partial charge on any atom is 0.123 e. The maximum absolute atomic E-state index is 4.86. The highest BCUT2D eigenvalue weighted by Crippen LogP contribution is 2.32. The molecule has 2 aromatic rings. The minimum atomic E-state index is 0.490. The first kappa shape index (κ1) is 12.8. The lowest BCUT2D eigenvalue weighted by Gasteiger charge is -2.05. The highest BCUT2D eigenvalue weighted by molar-refractivity contribution is 7.15. The fourth-order valence-corrected chi connectivity index (χ4v) is 3.34. The summed E-state index contributed by atoms with van der Waals surface area (Å²) in [6.45, 7) is 5.43. The van der Waals surface area contributed by atoms with Gasteiger partial charge in [0.2, 0.25) is 0 Å². The van der Waals surface area contributed by atoms with E-state index in [-0.39, 0.29) is 0 Å². The summed E-state index contributed by atoms with van der Waals surface area (Å²) in [5, 5.41) is 4.75. The van der Waals surface area contributed by atoms with Gasteiger partial charge in [0.05, 0.1) is 5.69 Å². The van der Waals surface area contributed by atoms with Crippen LogP contribution in [0.1, 0.15) is 43.2 Å². The van der Waals surface area contributed by atoms with Gasteiger partial charge in [-0.05, 0) is 18.8 Å². The van der Waals surface area contributed by atoms with Crippen LogP contribution in [-0.2, 0) is 6.54 Å². The maximum atomic E-state index is 4.86. The number of thiazole rings is 1. The molecule has 1 fully saturated rings. The number of nitrogens with zero attached hydrogens (tertiary/aromatic N) is 1. The van der Waals surface area contributed by atoms with E-state index < -0.39 is 0 Å². The molecule has 0 amide bonds. The predicted molar refractivity (Wildman–Crippen MR) is 81.5 cm³/mol. The predicted octanol–water partition coefficient (Wildman–Crippen LogP) is 4.19. The molecule has 1 aliphatic rings. The van der Waals surface area contributed by atoms with E-state index in [2.05, 4.69) is 49.5 Å². The van der Waals surface area contributed by atoms with Crippen molar-refractivity contribution in [1.82, 2.24) is 10.3 Å². The lowest BCUT2D eigenvalue weighted by molar-refractivity contribution is 0.681. The quantitative estimate of drug-likeness (QED) is 0.883. The normalized spacial score (nSPS) is 15.1. The Balaban J connectivity index is 1.87. The molecule has 3 rings (SSSR count). The van der Waals surface area contributed by atoms with E-state index in [0.29, 0.717) is 5.92 Å². The molecule has 3 heteroatoms. The Bertz CT molecular complexity index is 541. The smallest absolute Gasteiger partial charge is 0.123 e. The lowest BCUT2D eigenvalue weighted by atomic mass is 10.1. The van der Waals surface area contributed by atoms with Crippen LogP contribution < -0.4 is 5.32 Å². The van der Waals surface area contributed by atoms with Gasteiger partial charge in [-0.2, -0.15) is 0 Å². The van der Waals surface area contributed by atoms with Crippen molar-refractivity contribution >= 4 is 11.3 Å². The van der Waals surface area contributed by atoms with Crippen molar-refractivity contribution in [1.29, 1.82) is 0 Å². The average Bonchev–Trinajstić information content (AvgIpc) is 3.15. The van der Waals surface area contributed by atoms with E-state index in [1.54, 1.807) is 0 Å². The summed E-state index contributed by atoms with van der Waals surface area (Å²) in [5.74, 6) is 0.490. The van der Waals surface area contributed by atoms with E-state index in [1.165, 1.54) is 29.0 Å². The second kappa shape index (κ2) is 5.43. The first-order valence-electron chi connectivity index (χ1n) is 7.02. The van der Waals surface area contributed by atoms with Crippen molar-refractivity contribution in [3.8, 4) is 10.6 Å². The van der Waals surface area contributed by atoms with Crippen molar-refractivity contribution in [2.75, 3.05) is 0 Å². The highest BCUT2D eigenvalue weighted by Gasteiger charge is 2.22. The summed E-state index contributed by atoms with van der Waals surface area (Å²) >= 11 is 1.84. The van der Waals surface area contributed by atoms with E-state index in [9.17, 15) is 0 Å². The topological polar surface area (TPSA) is 24.9 Å². The Kier molecular flexibility index (Phi) is 3.67. The molecule has 0 spiro atoms. The molecule has 1 aromatic carbocycles. The van der Waals surface area contributed by atoms with E-state index >= 15 is 0 Å². The summed E-state index contributed by atoms with van der Waals surface area (Å²) in [6, 6.07) is 11.2. The third-order valence-corrected chi connectivity index (χ3v) is 4.54. The molecule has 1 N–H and O–H groups in total. The molecule has 1 saturated carbocycles. The van der Waals surface area contributed by atoms with Gasteiger partial charge in [-0.3, -0.25) is 0 Å². The highest BCUT2D eigenvalue weighted by atomic mass is 32.1. The minimum Gasteiger partial charge on any atom is -0.309 e. The van der Waals surface area contributed by atoms with Gasteiger partial charge in [0.15, 0.2) is 0 Å². The first-order chi connectivity index (χ1) is 9.24. The molecule has 19 heavy (non-hydrogen) atoms. The fourth-order valence-electron chi connectivity index (χ4n) is 2.17. The number of rotatable bonds is 5. The van der Waals surface area contributed by atoms with Crippen LogP contribution in [-0.4, -0.2) is 11.0 Å². The standard InChI is InChI=1S/C16H20N2S/c1-11(2)15-14(10-17-13-8-9-13)19-16(18-15)12-6-4-3-5-7-12/h3-7,11,13,17H,8-10H2,1-2H3. The lowest BCUT2D eigenvalue weighted by Crippen LogP contribution is -2.15. The van der Waals surface area contributed by atoms with Gasteiger partial charge < -0.3 is 5.32 Å². The Morgan fingerprint density at radius 3 is 2.63 bits per heavy atom. The Morgan fingerprint density at radius 2 is 2.00 bits per heavy atom. The van der Waals surface area contributed by atoms with Crippen LogP contribution in [0.5, 0.6) is 0 Å². The Morgan fingerprint density at radius 1 is 1.26 bits per heavy atom. The summed E-state index contributed by atoms with van der Waals surface area (Å²) in [4.78, 5) is 6.26. The number of aromatic nitrogens is 1. The third-order valence-electron chi connectivity index (χ3n) is 3.42. The van der Waals surface area contributed by atoms with Crippen LogP contribution in [0.15, 0.2) is 30.3 Å². The number of benzene rings is 1. The minimum absolute atomic E-state index is 0.490. The van der Waals surface area contributed by atoms with Crippen molar-refractivity contribution < 1.29 is 0 Å². The molecule has 0 unspecified atom stereocenters. The molecule has 0 aliphatic heterocycles. The fraction of sp³-hybridized carbons (Fsp3) is 0.438. The van der Waals surface area contributed by atoms with Crippen LogP contribution in [0.3, 0.4) is 0 Å². The van der Waals surface area contributed by atoms with E-state index in [1.807, 2.05) is 11.3 Å². The largest absolute Gasteiger partial charge is 0.309 e. The second-order valence-corrected chi connectivity index (χ2v) is 6.59.